The molecule has 5 heteroatoms. The van der Waals surface area contributed by atoms with E-state index in [1.165, 1.54) is 6.33 Å². The van der Waals surface area contributed by atoms with Crippen molar-refractivity contribution in [2.45, 2.75) is 32.4 Å². The smallest absolute Gasteiger partial charge is 0.216 e. The predicted octanol–water partition coefficient (Wildman–Crippen LogP) is 2.51. The number of nitrogens with two attached hydrogens (primary N) is 1. The molecule has 0 fully saturated rings. The molecular formula is C16H21N3O2. The maximum Gasteiger partial charge on any atom is 0.216 e. The molecule has 1 atom stereocenters. The van der Waals surface area contributed by atoms with Crippen LogP contribution >= 0.6 is 0 Å². The van der Waals surface area contributed by atoms with E-state index in [0.29, 0.717) is 12.3 Å². The third-order valence-corrected chi connectivity index (χ3v) is 2.99. The summed E-state index contributed by atoms with van der Waals surface area (Å²) in [4.78, 5) is 8.21. The molecule has 1 aromatic heterocycles. The lowest BCUT2D eigenvalue weighted by atomic mass is 10.0. The van der Waals surface area contributed by atoms with Crippen molar-refractivity contribution in [2.24, 2.45) is 5.73 Å². The minimum atomic E-state index is -0.152. The van der Waals surface area contributed by atoms with E-state index in [-0.39, 0.29) is 12.1 Å². The quantitative estimate of drug-likeness (QED) is 0.884. The number of aromatic nitrogens is 2. The van der Waals surface area contributed by atoms with Gasteiger partial charge < -0.3 is 15.2 Å². The maximum absolute atomic E-state index is 6.26. The topological polar surface area (TPSA) is 70.3 Å². The van der Waals surface area contributed by atoms with Gasteiger partial charge in [0.1, 0.15) is 12.1 Å². The van der Waals surface area contributed by atoms with Crippen LogP contribution in [0.3, 0.4) is 0 Å². The summed E-state index contributed by atoms with van der Waals surface area (Å²) in [5, 5.41) is 0. The molecule has 21 heavy (non-hydrogen) atoms. The van der Waals surface area contributed by atoms with Gasteiger partial charge in [-0.05, 0) is 31.5 Å². The molecule has 112 valence electrons. The van der Waals surface area contributed by atoms with Gasteiger partial charge in [0, 0.05) is 24.2 Å². The molecule has 0 spiro atoms. The highest BCUT2D eigenvalue weighted by atomic mass is 16.5. The fourth-order valence-electron chi connectivity index (χ4n) is 2.03. The van der Waals surface area contributed by atoms with Crippen LogP contribution in [0.15, 0.2) is 36.7 Å². The van der Waals surface area contributed by atoms with Crippen molar-refractivity contribution in [3.8, 4) is 11.6 Å². The van der Waals surface area contributed by atoms with Gasteiger partial charge in [0.05, 0.1) is 13.2 Å². The molecule has 0 aliphatic carbocycles. The van der Waals surface area contributed by atoms with Crippen LogP contribution in [0.1, 0.15) is 31.1 Å². The van der Waals surface area contributed by atoms with E-state index in [1.54, 1.807) is 13.2 Å². The molecule has 1 unspecified atom stereocenters. The van der Waals surface area contributed by atoms with Crippen LogP contribution in [0.25, 0.3) is 0 Å². The zero-order chi connectivity index (χ0) is 15.2. The predicted molar refractivity (Wildman–Crippen MR) is 81.4 cm³/mol. The average molecular weight is 287 g/mol. The molecule has 0 radical (unpaired) electrons. The lowest BCUT2D eigenvalue weighted by Gasteiger charge is -2.15. The zero-order valence-electron chi connectivity index (χ0n) is 12.6. The molecule has 1 heterocycles. The number of benzene rings is 1. The van der Waals surface area contributed by atoms with E-state index >= 15 is 0 Å². The van der Waals surface area contributed by atoms with Crippen molar-refractivity contribution in [1.29, 1.82) is 0 Å². The Bertz CT molecular complexity index is 587. The van der Waals surface area contributed by atoms with Crippen molar-refractivity contribution < 1.29 is 9.47 Å². The van der Waals surface area contributed by atoms with Crippen LogP contribution in [-0.4, -0.2) is 23.2 Å². The molecular weight excluding hydrogens is 266 g/mol. The van der Waals surface area contributed by atoms with Gasteiger partial charge in [-0.15, -0.1) is 0 Å². The summed E-state index contributed by atoms with van der Waals surface area (Å²) in [7, 11) is 1.58. The minimum absolute atomic E-state index is 0.141. The van der Waals surface area contributed by atoms with Crippen LogP contribution in [0.4, 0.5) is 0 Å². The van der Waals surface area contributed by atoms with E-state index in [0.717, 1.165) is 17.0 Å². The summed E-state index contributed by atoms with van der Waals surface area (Å²) in [6.45, 7) is 4.00. The Labute approximate surface area is 125 Å². The number of nitrogens with zero attached hydrogens (tertiary/aromatic N) is 2. The zero-order valence-corrected chi connectivity index (χ0v) is 12.6. The Kier molecular flexibility index (Phi) is 5.11. The average Bonchev–Trinajstić information content (AvgIpc) is 2.47. The van der Waals surface area contributed by atoms with E-state index in [2.05, 4.69) is 9.97 Å². The largest absolute Gasteiger partial charge is 0.491 e. The minimum Gasteiger partial charge on any atom is -0.491 e. The maximum atomic E-state index is 6.26. The Morgan fingerprint density at radius 2 is 2.00 bits per heavy atom. The first-order valence-electron chi connectivity index (χ1n) is 6.95. The molecule has 0 amide bonds. The highest BCUT2D eigenvalue weighted by Crippen LogP contribution is 2.21. The van der Waals surface area contributed by atoms with Crippen molar-refractivity contribution in [3.63, 3.8) is 0 Å². The van der Waals surface area contributed by atoms with E-state index in [1.807, 2.05) is 38.1 Å². The second-order valence-electron chi connectivity index (χ2n) is 5.10. The van der Waals surface area contributed by atoms with Crippen molar-refractivity contribution in [2.75, 3.05) is 7.11 Å². The lowest BCUT2D eigenvalue weighted by molar-refractivity contribution is 0.242. The van der Waals surface area contributed by atoms with Gasteiger partial charge in [0.2, 0.25) is 5.88 Å². The first-order chi connectivity index (χ1) is 10.1. The summed E-state index contributed by atoms with van der Waals surface area (Å²) in [5.74, 6) is 1.38. The molecule has 5 nitrogen and oxygen atoms in total. The Balaban J connectivity index is 2.10. The van der Waals surface area contributed by atoms with Gasteiger partial charge in [-0.3, -0.25) is 0 Å². The third-order valence-electron chi connectivity index (χ3n) is 2.99. The summed E-state index contributed by atoms with van der Waals surface area (Å²) >= 11 is 0. The number of rotatable bonds is 6. The molecule has 0 aliphatic heterocycles. The summed E-state index contributed by atoms with van der Waals surface area (Å²) in [6, 6.07) is 9.51. The Hall–Kier alpha value is -2.14. The summed E-state index contributed by atoms with van der Waals surface area (Å²) in [6.07, 6.45) is 2.24. The number of ether oxygens (including phenoxy) is 2. The molecule has 1 aromatic carbocycles. The van der Waals surface area contributed by atoms with Crippen molar-refractivity contribution in [1.82, 2.24) is 9.97 Å². The second-order valence-corrected chi connectivity index (χ2v) is 5.10. The Morgan fingerprint density at radius 1 is 1.19 bits per heavy atom. The van der Waals surface area contributed by atoms with E-state index in [9.17, 15) is 0 Å². The fourth-order valence-corrected chi connectivity index (χ4v) is 2.03. The fraction of sp³-hybridized carbons (Fsp3) is 0.375. The highest BCUT2D eigenvalue weighted by Gasteiger charge is 2.10. The van der Waals surface area contributed by atoms with E-state index < -0.39 is 0 Å². The third kappa shape index (κ3) is 4.43. The number of hydrogen-bond donors (Lipinski definition) is 1. The lowest BCUT2D eigenvalue weighted by Crippen LogP contribution is -2.15. The van der Waals surface area contributed by atoms with Crippen LogP contribution < -0.4 is 15.2 Å². The SMILES string of the molecule is COc1cc(CC(N)c2cccc(OC(C)C)c2)ncn1. The molecule has 0 saturated heterocycles. The van der Waals surface area contributed by atoms with Crippen LogP contribution in [0, 0.1) is 0 Å². The molecule has 2 aromatic rings. The first kappa shape index (κ1) is 15.3. The van der Waals surface area contributed by atoms with Gasteiger partial charge in [-0.25, -0.2) is 9.97 Å². The normalized spacial score (nSPS) is 12.2. The van der Waals surface area contributed by atoms with E-state index in [4.69, 9.17) is 15.2 Å². The molecule has 0 aliphatic rings. The van der Waals surface area contributed by atoms with Gasteiger partial charge in [0.15, 0.2) is 0 Å². The van der Waals surface area contributed by atoms with Gasteiger partial charge in [0.25, 0.3) is 0 Å². The monoisotopic (exact) mass is 287 g/mol. The molecule has 0 saturated carbocycles. The van der Waals surface area contributed by atoms with Crippen LogP contribution in [0.2, 0.25) is 0 Å². The van der Waals surface area contributed by atoms with Crippen molar-refractivity contribution >= 4 is 0 Å². The second kappa shape index (κ2) is 7.04. The van der Waals surface area contributed by atoms with Crippen molar-refractivity contribution in [3.05, 3.63) is 47.9 Å². The number of methoxy groups -OCH3 is 1. The first-order valence-corrected chi connectivity index (χ1v) is 6.95. The highest BCUT2D eigenvalue weighted by molar-refractivity contribution is 5.31. The van der Waals surface area contributed by atoms with Crippen LogP contribution in [0.5, 0.6) is 11.6 Å². The molecule has 2 N–H and O–H groups in total. The van der Waals surface area contributed by atoms with Gasteiger partial charge in [-0.2, -0.15) is 0 Å². The van der Waals surface area contributed by atoms with Gasteiger partial charge >= 0.3 is 0 Å². The van der Waals surface area contributed by atoms with Crippen LogP contribution in [-0.2, 0) is 6.42 Å². The summed E-state index contributed by atoms with van der Waals surface area (Å²) < 4.78 is 10.8. The molecule has 2 rings (SSSR count). The Morgan fingerprint density at radius 3 is 2.71 bits per heavy atom. The number of hydrogen-bond acceptors (Lipinski definition) is 5. The standard InChI is InChI=1S/C16H21N3O2/c1-11(2)21-14-6-4-5-12(7-14)15(17)8-13-9-16(20-3)19-10-18-13/h4-7,9-11,15H,8,17H2,1-3H3. The molecule has 0 bridgehead atoms. The van der Waals surface area contributed by atoms with Gasteiger partial charge in [-0.1, -0.05) is 12.1 Å². The summed E-state index contributed by atoms with van der Waals surface area (Å²) in [5.41, 5.74) is 8.13.